The molecule has 3 aliphatic rings. The van der Waals surface area contributed by atoms with E-state index in [-0.39, 0.29) is 30.0 Å². The molecule has 0 spiro atoms. The number of nitrogens with zero attached hydrogens (tertiary/aromatic N) is 3. The molecule has 1 aromatic heterocycles. The highest BCUT2D eigenvalue weighted by atomic mass is 127. The highest BCUT2D eigenvalue weighted by molar-refractivity contribution is 14.0. The Morgan fingerprint density at radius 3 is 2.52 bits per heavy atom. The summed E-state index contributed by atoms with van der Waals surface area (Å²) in [6.45, 7) is 2.92. The summed E-state index contributed by atoms with van der Waals surface area (Å²) in [6.07, 6.45) is 5.19. The van der Waals surface area contributed by atoms with Crippen LogP contribution in [0, 0.1) is 11.8 Å². The second-order valence-electron chi connectivity index (χ2n) is 7.45. The lowest BCUT2D eigenvalue weighted by Gasteiger charge is -2.27. The lowest BCUT2D eigenvalue weighted by Crippen LogP contribution is -2.44. The molecule has 3 aliphatic heterocycles. The van der Waals surface area contributed by atoms with Gasteiger partial charge in [-0.2, -0.15) is 0 Å². The molecular weight excluding hydrogens is 431 g/mol. The fourth-order valence-corrected chi connectivity index (χ4v) is 4.67. The van der Waals surface area contributed by atoms with Crippen LogP contribution in [0.4, 0.5) is 0 Å². The standard InChI is InChI=1S/C18H28N4O2.HI/c1-19-18(20-9-14(21(2)3)17-5-4-8-23-17)22-10-12-13(11-22)16-7-6-15(12)24-16;/h4-5,8,12-16H,6-7,9-11H2,1-3H3,(H,19,20);1H. The topological polar surface area (TPSA) is 53.2 Å². The fraction of sp³-hybridized carbons (Fsp3) is 0.722. The number of furan rings is 1. The highest BCUT2D eigenvalue weighted by Gasteiger charge is 2.53. The molecule has 0 saturated carbocycles. The Morgan fingerprint density at radius 1 is 1.32 bits per heavy atom. The van der Waals surface area contributed by atoms with Crippen molar-refractivity contribution in [3.8, 4) is 0 Å². The molecule has 0 aliphatic carbocycles. The zero-order chi connectivity index (χ0) is 16.7. The number of hydrogen-bond donors (Lipinski definition) is 1. The molecule has 1 N–H and O–H groups in total. The Hall–Kier alpha value is -0.800. The van der Waals surface area contributed by atoms with Gasteiger partial charge in [0.05, 0.1) is 24.5 Å². The molecule has 140 valence electrons. The normalized spacial score (nSPS) is 32.0. The van der Waals surface area contributed by atoms with Gasteiger partial charge in [-0.3, -0.25) is 9.89 Å². The molecule has 7 heteroatoms. The molecule has 3 saturated heterocycles. The molecule has 4 heterocycles. The minimum absolute atomic E-state index is 0. The van der Waals surface area contributed by atoms with Gasteiger partial charge in [-0.05, 0) is 39.1 Å². The van der Waals surface area contributed by atoms with Crippen LogP contribution in [0.25, 0.3) is 0 Å². The van der Waals surface area contributed by atoms with Crippen LogP contribution in [0.3, 0.4) is 0 Å². The van der Waals surface area contributed by atoms with E-state index in [2.05, 4.69) is 34.2 Å². The molecule has 5 atom stereocenters. The molecule has 1 aromatic rings. The molecule has 6 nitrogen and oxygen atoms in total. The molecule has 0 aromatic carbocycles. The molecule has 0 radical (unpaired) electrons. The Bertz CT molecular complexity index is 574. The average molecular weight is 460 g/mol. The Balaban J connectivity index is 0.00000182. The first-order valence-corrected chi connectivity index (χ1v) is 8.98. The number of ether oxygens (including phenoxy) is 1. The van der Waals surface area contributed by atoms with Gasteiger partial charge in [0.25, 0.3) is 0 Å². The number of likely N-dealkylation sites (N-methyl/N-ethyl adjacent to an activating group) is 1. The van der Waals surface area contributed by atoms with Gasteiger partial charge in [-0.25, -0.2) is 0 Å². The molecule has 4 rings (SSSR count). The zero-order valence-electron chi connectivity index (χ0n) is 15.2. The van der Waals surface area contributed by atoms with Crippen molar-refractivity contribution in [1.82, 2.24) is 15.1 Å². The number of likely N-dealkylation sites (tertiary alicyclic amines) is 1. The van der Waals surface area contributed by atoms with E-state index in [1.54, 1.807) is 6.26 Å². The summed E-state index contributed by atoms with van der Waals surface area (Å²) in [7, 11) is 6.03. The van der Waals surface area contributed by atoms with Gasteiger partial charge in [-0.1, -0.05) is 0 Å². The number of fused-ring (bicyclic) bond motifs is 5. The number of guanidine groups is 1. The van der Waals surface area contributed by atoms with Crippen LogP contribution in [0.15, 0.2) is 27.8 Å². The van der Waals surface area contributed by atoms with E-state index in [1.807, 2.05) is 19.2 Å². The van der Waals surface area contributed by atoms with Crippen molar-refractivity contribution in [2.45, 2.75) is 31.1 Å². The summed E-state index contributed by atoms with van der Waals surface area (Å²) in [5, 5.41) is 3.55. The smallest absolute Gasteiger partial charge is 0.193 e. The first-order chi connectivity index (χ1) is 11.7. The maximum atomic E-state index is 6.07. The highest BCUT2D eigenvalue weighted by Crippen LogP contribution is 2.47. The summed E-state index contributed by atoms with van der Waals surface area (Å²) in [6, 6.07) is 4.17. The third-order valence-electron chi connectivity index (χ3n) is 5.91. The largest absolute Gasteiger partial charge is 0.468 e. The third kappa shape index (κ3) is 3.55. The average Bonchev–Trinajstić information content (AvgIpc) is 3.33. The lowest BCUT2D eigenvalue weighted by atomic mass is 9.82. The van der Waals surface area contributed by atoms with Crippen molar-refractivity contribution in [3.63, 3.8) is 0 Å². The van der Waals surface area contributed by atoms with Crippen molar-refractivity contribution < 1.29 is 9.15 Å². The summed E-state index contributed by atoms with van der Waals surface area (Å²) in [5.74, 6) is 3.36. The predicted molar refractivity (Wildman–Crippen MR) is 108 cm³/mol. The van der Waals surface area contributed by atoms with E-state index in [1.165, 1.54) is 12.8 Å². The van der Waals surface area contributed by atoms with Crippen molar-refractivity contribution >= 4 is 29.9 Å². The van der Waals surface area contributed by atoms with Gasteiger partial charge in [0.1, 0.15) is 5.76 Å². The van der Waals surface area contributed by atoms with Crippen LogP contribution in [-0.4, -0.2) is 68.7 Å². The van der Waals surface area contributed by atoms with Gasteiger partial charge in [0.2, 0.25) is 0 Å². The number of nitrogens with one attached hydrogen (secondary N) is 1. The SMILES string of the molecule is CN=C(NCC(c1ccco1)N(C)C)N1CC2C3CCC(O3)C2C1.I. The second kappa shape index (κ2) is 7.84. The summed E-state index contributed by atoms with van der Waals surface area (Å²) >= 11 is 0. The van der Waals surface area contributed by atoms with Crippen LogP contribution < -0.4 is 5.32 Å². The quantitative estimate of drug-likeness (QED) is 0.424. The van der Waals surface area contributed by atoms with Crippen molar-refractivity contribution in [3.05, 3.63) is 24.2 Å². The molecule has 25 heavy (non-hydrogen) atoms. The van der Waals surface area contributed by atoms with Gasteiger partial charge in [0.15, 0.2) is 5.96 Å². The Kier molecular flexibility index (Phi) is 5.95. The minimum atomic E-state index is 0. The number of halogens is 1. The predicted octanol–water partition coefficient (Wildman–Crippen LogP) is 2.18. The number of rotatable bonds is 4. The molecular formula is C18H29IN4O2. The van der Waals surface area contributed by atoms with E-state index in [9.17, 15) is 0 Å². The fourth-order valence-electron chi connectivity index (χ4n) is 4.67. The Morgan fingerprint density at radius 2 is 2.00 bits per heavy atom. The first-order valence-electron chi connectivity index (χ1n) is 8.98. The van der Waals surface area contributed by atoms with Crippen LogP contribution >= 0.6 is 24.0 Å². The maximum absolute atomic E-state index is 6.07. The van der Waals surface area contributed by atoms with E-state index in [0.29, 0.717) is 24.0 Å². The molecule has 0 amide bonds. The van der Waals surface area contributed by atoms with E-state index >= 15 is 0 Å². The molecule has 3 fully saturated rings. The van der Waals surface area contributed by atoms with Gasteiger partial charge < -0.3 is 19.4 Å². The number of aliphatic imine (C=N–C) groups is 1. The van der Waals surface area contributed by atoms with Gasteiger partial charge in [0, 0.05) is 38.5 Å². The zero-order valence-corrected chi connectivity index (χ0v) is 17.6. The van der Waals surface area contributed by atoms with E-state index in [4.69, 9.17) is 9.15 Å². The number of hydrogen-bond acceptors (Lipinski definition) is 4. The van der Waals surface area contributed by atoms with Gasteiger partial charge in [-0.15, -0.1) is 24.0 Å². The van der Waals surface area contributed by atoms with Crippen LogP contribution in [0.2, 0.25) is 0 Å². The van der Waals surface area contributed by atoms with Crippen LogP contribution in [0.1, 0.15) is 24.6 Å². The monoisotopic (exact) mass is 460 g/mol. The first kappa shape index (κ1) is 19.0. The summed E-state index contributed by atoms with van der Waals surface area (Å²) in [5.41, 5.74) is 0. The molecule has 5 unspecified atom stereocenters. The van der Waals surface area contributed by atoms with E-state index in [0.717, 1.165) is 31.4 Å². The minimum Gasteiger partial charge on any atom is -0.468 e. The third-order valence-corrected chi connectivity index (χ3v) is 5.91. The maximum Gasteiger partial charge on any atom is 0.193 e. The summed E-state index contributed by atoms with van der Waals surface area (Å²) in [4.78, 5) is 9.11. The molecule has 2 bridgehead atoms. The van der Waals surface area contributed by atoms with E-state index < -0.39 is 0 Å². The Labute approximate surface area is 167 Å². The van der Waals surface area contributed by atoms with Crippen molar-refractivity contribution in [2.24, 2.45) is 16.8 Å². The van der Waals surface area contributed by atoms with Crippen molar-refractivity contribution in [2.75, 3.05) is 40.8 Å². The van der Waals surface area contributed by atoms with Crippen molar-refractivity contribution in [1.29, 1.82) is 0 Å². The summed E-state index contributed by atoms with van der Waals surface area (Å²) < 4.78 is 11.7. The van der Waals surface area contributed by atoms with Gasteiger partial charge >= 0.3 is 0 Å². The van der Waals surface area contributed by atoms with Crippen LogP contribution in [-0.2, 0) is 4.74 Å². The lowest BCUT2D eigenvalue weighted by molar-refractivity contribution is 0.0766. The second-order valence-corrected chi connectivity index (χ2v) is 7.45. The van der Waals surface area contributed by atoms with Crippen LogP contribution in [0.5, 0.6) is 0 Å².